The Morgan fingerprint density at radius 1 is 1.35 bits per heavy atom. The van der Waals surface area contributed by atoms with Crippen LogP contribution in [0.15, 0.2) is 0 Å². The molecular weight excluding hydrogens is 214 g/mol. The summed E-state index contributed by atoms with van der Waals surface area (Å²) in [4.78, 5) is 2.36. The van der Waals surface area contributed by atoms with Gasteiger partial charge in [0.1, 0.15) is 5.54 Å². The highest BCUT2D eigenvalue weighted by molar-refractivity contribution is 5.02. The van der Waals surface area contributed by atoms with Crippen LogP contribution in [0.25, 0.3) is 0 Å². The molecule has 4 nitrogen and oxygen atoms in total. The van der Waals surface area contributed by atoms with Crippen LogP contribution in [0.1, 0.15) is 33.6 Å². The van der Waals surface area contributed by atoms with Crippen LogP contribution in [0.4, 0.5) is 0 Å². The lowest BCUT2D eigenvalue weighted by molar-refractivity contribution is 0.114. The number of nitrogens with one attached hydrogen (secondary N) is 1. The van der Waals surface area contributed by atoms with Crippen LogP contribution in [0.3, 0.4) is 0 Å². The largest absolute Gasteiger partial charge is 0.380 e. The Hall–Kier alpha value is -0.630. The highest BCUT2D eigenvalue weighted by atomic mass is 16.5. The molecule has 100 valence electrons. The Labute approximate surface area is 106 Å². The van der Waals surface area contributed by atoms with Crippen LogP contribution < -0.4 is 5.32 Å². The summed E-state index contributed by atoms with van der Waals surface area (Å²) in [5.74, 6) is 0. The van der Waals surface area contributed by atoms with E-state index in [0.29, 0.717) is 0 Å². The number of rotatable bonds is 10. The topological polar surface area (TPSA) is 48.3 Å². The molecule has 0 amide bonds. The quantitative estimate of drug-likeness (QED) is 0.591. The van der Waals surface area contributed by atoms with Crippen molar-refractivity contribution >= 4 is 0 Å². The van der Waals surface area contributed by atoms with E-state index in [-0.39, 0.29) is 5.54 Å². The maximum absolute atomic E-state index is 9.03. The summed E-state index contributed by atoms with van der Waals surface area (Å²) in [5, 5.41) is 12.1. The number of hydrogen-bond donors (Lipinski definition) is 1. The Bertz CT molecular complexity index is 227. The Morgan fingerprint density at radius 2 is 2.06 bits per heavy atom. The van der Waals surface area contributed by atoms with E-state index in [1.54, 1.807) is 0 Å². The third-order valence-electron chi connectivity index (χ3n) is 3.15. The zero-order chi connectivity index (χ0) is 13.1. The average Bonchev–Trinajstić information content (AvgIpc) is 2.36. The molecule has 0 saturated carbocycles. The van der Waals surface area contributed by atoms with E-state index in [0.717, 1.165) is 45.7 Å². The Kier molecular flexibility index (Phi) is 9.06. The lowest BCUT2D eigenvalue weighted by Crippen LogP contribution is -2.39. The van der Waals surface area contributed by atoms with Gasteiger partial charge < -0.3 is 15.0 Å². The van der Waals surface area contributed by atoms with Crippen molar-refractivity contribution in [3.05, 3.63) is 0 Å². The highest BCUT2D eigenvalue weighted by Gasteiger charge is 2.20. The van der Waals surface area contributed by atoms with Gasteiger partial charge in [-0.3, -0.25) is 0 Å². The smallest absolute Gasteiger partial charge is 0.103 e. The molecule has 1 unspecified atom stereocenters. The maximum Gasteiger partial charge on any atom is 0.103 e. The normalized spacial score (nSPS) is 14.6. The van der Waals surface area contributed by atoms with Gasteiger partial charge in [0.2, 0.25) is 0 Å². The standard InChI is InChI=1S/C13H27N3O/c1-5-16(10-11-17-6-2)9-7-8-13(3,12-14)15-4/h15H,5-11H2,1-4H3. The van der Waals surface area contributed by atoms with E-state index < -0.39 is 0 Å². The van der Waals surface area contributed by atoms with Crippen LogP contribution >= 0.6 is 0 Å². The molecule has 0 rings (SSSR count). The molecule has 0 spiro atoms. The summed E-state index contributed by atoms with van der Waals surface area (Å²) >= 11 is 0. The van der Waals surface area contributed by atoms with Gasteiger partial charge in [0.25, 0.3) is 0 Å². The summed E-state index contributed by atoms with van der Waals surface area (Å²) in [6, 6.07) is 2.32. The van der Waals surface area contributed by atoms with Gasteiger partial charge in [0.05, 0.1) is 12.7 Å². The van der Waals surface area contributed by atoms with Crippen molar-refractivity contribution in [2.45, 2.75) is 39.2 Å². The zero-order valence-electron chi connectivity index (χ0n) is 11.8. The molecule has 0 aromatic carbocycles. The first-order valence-electron chi connectivity index (χ1n) is 6.52. The second-order valence-electron chi connectivity index (χ2n) is 4.43. The summed E-state index contributed by atoms with van der Waals surface area (Å²) in [7, 11) is 1.84. The first-order valence-corrected chi connectivity index (χ1v) is 6.52. The van der Waals surface area contributed by atoms with Crippen LogP contribution in [-0.4, -0.2) is 50.3 Å². The van der Waals surface area contributed by atoms with E-state index in [1.165, 1.54) is 0 Å². The minimum atomic E-state index is -0.390. The van der Waals surface area contributed by atoms with E-state index in [1.807, 2.05) is 20.9 Å². The second-order valence-corrected chi connectivity index (χ2v) is 4.43. The van der Waals surface area contributed by atoms with Crippen LogP contribution in [0, 0.1) is 11.3 Å². The molecule has 0 radical (unpaired) electrons. The van der Waals surface area contributed by atoms with Crippen LogP contribution in [0.5, 0.6) is 0 Å². The summed E-state index contributed by atoms with van der Waals surface area (Å²) in [6.07, 6.45) is 1.91. The molecular formula is C13H27N3O. The summed E-state index contributed by atoms with van der Waals surface area (Å²) in [5.41, 5.74) is -0.390. The molecule has 0 aliphatic carbocycles. The molecule has 0 saturated heterocycles. The van der Waals surface area contributed by atoms with Crippen molar-refractivity contribution in [2.75, 3.05) is 39.9 Å². The fraction of sp³-hybridized carbons (Fsp3) is 0.923. The van der Waals surface area contributed by atoms with Crippen molar-refractivity contribution in [3.8, 4) is 6.07 Å². The third-order valence-corrected chi connectivity index (χ3v) is 3.15. The highest BCUT2D eigenvalue weighted by Crippen LogP contribution is 2.10. The third kappa shape index (κ3) is 7.32. The lowest BCUT2D eigenvalue weighted by Gasteiger charge is -2.24. The van der Waals surface area contributed by atoms with Gasteiger partial charge in [-0.05, 0) is 46.8 Å². The fourth-order valence-electron chi connectivity index (χ4n) is 1.66. The number of ether oxygens (including phenoxy) is 1. The van der Waals surface area contributed by atoms with Gasteiger partial charge in [0, 0.05) is 13.2 Å². The summed E-state index contributed by atoms with van der Waals surface area (Å²) in [6.45, 7) is 10.7. The monoisotopic (exact) mass is 241 g/mol. The molecule has 0 aliphatic heterocycles. The molecule has 0 aromatic rings. The van der Waals surface area contributed by atoms with E-state index in [4.69, 9.17) is 10.00 Å². The van der Waals surface area contributed by atoms with Gasteiger partial charge >= 0.3 is 0 Å². The first kappa shape index (κ1) is 16.4. The molecule has 0 aromatic heterocycles. The minimum absolute atomic E-state index is 0.390. The molecule has 0 bridgehead atoms. The molecule has 1 atom stereocenters. The molecule has 4 heteroatoms. The van der Waals surface area contributed by atoms with E-state index in [9.17, 15) is 0 Å². The molecule has 0 heterocycles. The minimum Gasteiger partial charge on any atom is -0.380 e. The van der Waals surface area contributed by atoms with Crippen LogP contribution in [0.2, 0.25) is 0 Å². The first-order chi connectivity index (χ1) is 8.11. The van der Waals surface area contributed by atoms with E-state index >= 15 is 0 Å². The number of hydrogen-bond acceptors (Lipinski definition) is 4. The Morgan fingerprint density at radius 3 is 2.53 bits per heavy atom. The second kappa shape index (κ2) is 9.41. The molecule has 1 N–H and O–H groups in total. The molecule has 0 fully saturated rings. The predicted octanol–water partition coefficient (Wildman–Crippen LogP) is 1.63. The van der Waals surface area contributed by atoms with Gasteiger partial charge in [0.15, 0.2) is 0 Å². The van der Waals surface area contributed by atoms with Crippen molar-refractivity contribution in [3.63, 3.8) is 0 Å². The van der Waals surface area contributed by atoms with Gasteiger partial charge in [-0.2, -0.15) is 5.26 Å². The maximum atomic E-state index is 9.03. The van der Waals surface area contributed by atoms with Crippen molar-refractivity contribution in [1.29, 1.82) is 5.26 Å². The number of nitrogens with zero attached hydrogens (tertiary/aromatic N) is 2. The van der Waals surface area contributed by atoms with Gasteiger partial charge in [-0.1, -0.05) is 6.92 Å². The van der Waals surface area contributed by atoms with Crippen molar-refractivity contribution in [2.24, 2.45) is 0 Å². The molecule has 0 aliphatic rings. The SMILES string of the molecule is CCOCCN(CC)CCCC(C)(C#N)NC. The average molecular weight is 241 g/mol. The Balaban J connectivity index is 3.80. The molecule has 17 heavy (non-hydrogen) atoms. The number of likely N-dealkylation sites (N-methyl/N-ethyl adjacent to an activating group) is 1. The number of nitriles is 1. The fourth-order valence-corrected chi connectivity index (χ4v) is 1.66. The lowest BCUT2D eigenvalue weighted by atomic mass is 9.98. The predicted molar refractivity (Wildman–Crippen MR) is 70.9 cm³/mol. The van der Waals surface area contributed by atoms with Crippen molar-refractivity contribution in [1.82, 2.24) is 10.2 Å². The zero-order valence-corrected chi connectivity index (χ0v) is 11.8. The van der Waals surface area contributed by atoms with E-state index in [2.05, 4.69) is 23.2 Å². The summed E-state index contributed by atoms with van der Waals surface area (Å²) < 4.78 is 5.35. The van der Waals surface area contributed by atoms with Gasteiger partial charge in [-0.25, -0.2) is 0 Å². The van der Waals surface area contributed by atoms with Crippen LogP contribution in [-0.2, 0) is 4.74 Å². The van der Waals surface area contributed by atoms with Crippen molar-refractivity contribution < 1.29 is 4.74 Å². The van der Waals surface area contributed by atoms with Gasteiger partial charge in [-0.15, -0.1) is 0 Å².